The Balaban J connectivity index is 1.49. The third-order valence-electron chi connectivity index (χ3n) is 4.36. The van der Waals surface area contributed by atoms with E-state index in [0.717, 1.165) is 22.3 Å². The average Bonchev–Trinajstić information content (AvgIpc) is 3.20. The smallest absolute Gasteiger partial charge is 0.248 e. The van der Waals surface area contributed by atoms with Crippen LogP contribution in [0.3, 0.4) is 0 Å². The van der Waals surface area contributed by atoms with Crippen LogP contribution in [0.25, 0.3) is 22.9 Å². The Morgan fingerprint density at radius 2 is 1.59 bits per heavy atom. The van der Waals surface area contributed by atoms with E-state index in [9.17, 15) is 4.79 Å². The van der Waals surface area contributed by atoms with Gasteiger partial charge >= 0.3 is 0 Å². The number of halogens is 1. The first kappa shape index (κ1) is 18.9. The van der Waals surface area contributed by atoms with Crippen LogP contribution in [0.2, 0.25) is 5.02 Å². The lowest BCUT2D eigenvalue weighted by molar-refractivity contribution is -0.115. The average molecular weight is 404 g/mol. The van der Waals surface area contributed by atoms with Crippen LogP contribution in [0.1, 0.15) is 11.1 Å². The van der Waals surface area contributed by atoms with E-state index < -0.39 is 0 Å². The molecule has 0 unspecified atom stereocenters. The van der Waals surface area contributed by atoms with E-state index in [2.05, 4.69) is 15.5 Å². The number of amides is 1. The quantitative estimate of drug-likeness (QED) is 0.474. The predicted octanol–water partition coefficient (Wildman–Crippen LogP) is 5.55. The first-order chi connectivity index (χ1) is 14.1. The summed E-state index contributed by atoms with van der Waals surface area (Å²) < 4.78 is 5.83. The summed E-state index contributed by atoms with van der Waals surface area (Å²) in [7, 11) is 0. The van der Waals surface area contributed by atoms with Crippen LogP contribution in [0.15, 0.2) is 77.2 Å². The van der Waals surface area contributed by atoms with E-state index in [-0.39, 0.29) is 12.3 Å². The van der Waals surface area contributed by atoms with Gasteiger partial charge in [0.1, 0.15) is 0 Å². The number of carbonyl (C=O) groups excluding carboxylic acids is 1. The zero-order valence-electron chi connectivity index (χ0n) is 15.7. The normalized spacial score (nSPS) is 10.7. The molecule has 5 nitrogen and oxygen atoms in total. The molecule has 0 aliphatic rings. The van der Waals surface area contributed by atoms with E-state index in [1.165, 1.54) is 0 Å². The molecule has 0 aliphatic heterocycles. The number of benzene rings is 3. The molecule has 0 spiro atoms. The molecule has 0 fully saturated rings. The Morgan fingerprint density at radius 3 is 2.28 bits per heavy atom. The summed E-state index contributed by atoms with van der Waals surface area (Å²) >= 11 is 5.88. The van der Waals surface area contributed by atoms with Gasteiger partial charge in [-0.25, -0.2) is 0 Å². The Bertz CT molecular complexity index is 1150. The molecule has 0 radical (unpaired) electrons. The second-order valence-corrected chi connectivity index (χ2v) is 7.15. The molecular weight excluding hydrogens is 386 g/mol. The second kappa shape index (κ2) is 8.29. The molecule has 4 rings (SSSR count). The van der Waals surface area contributed by atoms with Crippen LogP contribution < -0.4 is 5.32 Å². The van der Waals surface area contributed by atoms with E-state index in [1.54, 1.807) is 12.1 Å². The summed E-state index contributed by atoms with van der Waals surface area (Å²) in [4.78, 5) is 12.3. The van der Waals surface area contributed by atoms with Crippen molar-refractivity contribution in [1.29, 1.82) is 0 Å². The Hall–Kier alpha value is -3.44. The predicted molar refractivity (Wildman–Crippen MR) is 114 cm³/mol. The maximum atomic E-state index is 12.3. The van der Waals surface area contributed by atoms with Crippen LogP contribution in [-0.2, 0) is 11.2 Å². The highest BCUT2D eigenvalue weighted by molar-refractivity contribution is 6.30. The van der Waals surface area contributed by atoms with Gasteiger partial charge in [0.25, 0.3) is 0 Å². The molecule has 0 bridgehead atoms. The molecule has 4 aromatic rings. The molecule has 0 aliphatic carbocycles. The van der Waals surface area contributed by atoms with Crippen molar-refractivity contribution >= 4 is 23.2 Å². The number of hydrogen-bond acceptors (Lipinski definition) is 4. The number of aryl methyl sites for hydroxylation is 1. The number of anilines is 1. The van der Waals surface area contributed by atoms with Gasteiger partial charge < -0.3 is 9.73 Å². The first-order valence-corrected chi connectivity index (χ1v) is 9.50. The zero-order chi connectivity index (χ0) is 20.2. The van der Waals surface area contributed by atoms with Gasteiger partial charge in [-0.1, -0.05) is 47.5 Å². The molecule has 29 heavy (non-hydrogen) atoms. The van der Waals surface area contributed by atoms with Crippen LogP contribution >= 0.6 is 11.6 Å². The number of nitrogens with one attached hydrogen (secondary N) is 1. The number of rotatable bonds is 5. The topological polar surface area (TPSA) is 68.0 Å². The third kappa shape index (κ3) is 4.70. The monoisotopic (exact) mass is 403 g/mol. The third-order valence-corrected chi connectivity index (χ3v) is 4.61. The molecule has 1 N–H and O–H groups in total. The first-order valence-electron chi connectivity index (χ1n) is 9.12. The van der Waals surface area contributed by atoms with E-state index in [1.807, 2.05) is 67.6 Å². The fourth-order valence-electron chi connectivity index (χ4n) is 2.96. The largest absolute Gasteiger partial charge is 0.416 e. The van der Waals surface area contributed by atoms with Crippen LogP contribution in [-0.4, -0.2) is 16.1 Å². The van der Waals surface area contributed by atoms with Crippen molar-refractivity contribution in [3.63, 3.8) is 0 Å². The number of aromatic nitrogens is 2. The summed E-state index contributed by atoms with van der Waals surface area (Å²) in [6, 6.07) is 22.4. The van der Waals surface area contributed by atoms with Crippen molar-refractivity contribution in [3.8, 4) is 22.9 Å². The van der Waals surface area contributed by atoms with E-state index >= 15 is 0 Å². The van der Waals surface area contributed by atoms with Crippen molar-refractivity contribution < 1.29 is 9.21 Å². The van der Waals surface area contributed by atoms with Gasteiger partial charge in [0, 0.05) is 21.8 Å². The lowest BCUT2D eigenvalue weighted by atomic mass is 10.1. The molecule has 0 atom stereocenters. The summed E-state index contributed by atoms with van der Waals surface area (Å²) in [5, 5.41) is 11.8. The highest BCUT2D eigenvalue weighted by Crippen LogP contribution is 2.26. The van der Waals surface area contributed by atoms with E-state index in [0.29, 0.717) is 22.5 Å². The van der Waals surface area contributed by atoms with Crippen molar-refractivity contribution in [2.24, 2.45) is 0 Å². The van der Waals surface area contributed by atoms with Gasteiger partial charge in [0.2, 0.25) is 17.7 Å². The highest BCUT2D eigenvalue weighted by Gasteiger charge is 2.12. The molecule has 3 aromatic carbocycles. The molecule has 1 amide bonds. The van der Waals surface area contributed by atoms with Gasteiger partial charge in [-0.15, -0.1) is 10.2 Å². The summed E-state index contributed by atoms with van der Waals surface area (Å²) in [6.45, 7) is 2.01. The van der Waals surface area contributed by atoms with Crippen molar-refractivity contribution in [2.45, 2.75) is 13.3 Å². The van der Waals surface area contributed by atoms with Gasteiger partial charge in [0.05, 0.1) is 6.42 Å². The summed E-state index contributed by atoms with van der Waals surface area (Å²) in [5.41, 5.74) is 4.28. The Kier molecular flexibility index (Phi) is 5.40. The lowest BCUT2D eigenvalue weighted by Crippen LogP contribution is -2.14. The SMILES string of the molecule is Cc1cccc(-c2nnc(-c3cccc(NC(=O)Cc4ccc(Cl)cc4)c3)o2)c1. The molecular formula is C23H18ClN3O2. The minimum Gasteiger partial charge on any atom is -0.416 e. The van der Waals surface area contributed by atoms with Crippen molar-refractivity contribution in [3.05, 3.63) is 88.9 Å². The van der Waals surface area contributed by atoms with Gasteiger partial charge in [-0.05, 0) is 55.0 Å². The van der Waals surface area contributed by atoms with Gasteiger partial charge in [0.15, 0.2) is 0 Å². The summed E-state index contributed by atoms with van der Waals surface area (Å²) in [6.07, 6.45) is 0.263. The van der Waals surface area contributed by atoms with Crippen molar-refractivity contribution in [2.75, 3.05) is 5.32 Å². The number of nitrogens with zero attached hydrogens (tertiary/aromatic N) is 2. The zero-order valence-corrected chi connectivity index (χ0v) is 16.5. The van der Waals surface area contributed by atoms with Crippen LogP contribution in [0, 0.1) is 6.92 Å². The fraction of sp³-hybridized carbons (Fsp3) is 0.0870. The lowest BCUT2D eigenvalue weighted by Gasteiger charge is -2.06. The number of hydrogen-bond donors (Lipinski definition) is 1. The number of carbonyl (C=O) groups is 1. The minimum atomic E-state index is -0.115. The Labute approximate surface area is 173 Å². The maximum absolute atomic E-state index is 12.3. The minimum absolute atomic E-state index is 0.115. The van der Waals surface area contributed by atoms with Crippen molar-refractivity contribution in [1.82, 2.24) is 10.2 Å². The standard InChI is InChI=1S/C23H18ClN3O2/c1-15-4-2-5-17(12-15)22-26-27-23(29-22)18-6-3-7-20(14-18)25-21(28)13-16-8-10-19(24)11-9-16/h2-12,14H,13H2,1H3,(H,25,28). The summed E-state index contributed by atoms with van der Waals surface area (Å²) in [5.74, 6) is 0.742. The van der Waals surface area contributed by atoms with Gasteiger partial charge in [-0.3, -0.25) is 4.79 Å². The van der Waals surface area contributed by atoms with Crippen LogP contribution in [0.4, 0.5) is 5.69 Å². The highest BCUT2D eigenvalue weighted by atomic mass is 35.5. The van der Waals surface area contributed by atoms with E-state index in [4.69, 9.17) is 16.0 Å². The molecule has 1 heterocycles. The molecule has 0 saturated heterocycles. The molecule has 1 aromatic heterocycles. The molecule has 144 valence electrons. The van der Waals surface area contributed by atoms with Crippen LogP contribution in [0.5, 0.6) is 0 Å². The Morgan fingerprint density at radius 1 is 0.931 bits per heavy atom. The van der Waals surface area contributed by atoms with Gasteiger partial charge in [-0.2, -0.15) is 0 Å². The molecule has 6 heteroatoms. The fourth-order valence-corrected chi connectivity index (χ4v) is 3.08. The maximum Gasteiger partial charge on any atom is 0.248 e. The molecule has 0 saturated carbocycles. The second-order valence-electron chi connectivity index (χ2n) is 6.71.